The van der Waals surface area contributed by atoms with Crippen molar-refractivity contribution in [2.45, 2.75) is 70.6 Å². The maximum absolute atomic E-state index is 13.4. The Labute approximate surface area is 199 Å². The molecule has 0 spiro atoms. The lowest BCUT2D eigenvalue weighted by Crippen LogP contribution is -2.41. The van der Waals surface area contributed by atoms with E-state index in [0.29, 0.717) is 30.6 Å². The highest BCUT2D eigenvalue weighted by Crippen LogP contribution is 2.34. The number of nitrogens with zero attached hydrogens (tertiary/aromatic N) is 3. The number of benzene rings is 1. The van der Waals surface area contributed by atoms with E-state index in [0.717, 1.165) is 36.2 Å². The van der Waals surface area contributed by atoms with Crippen LogP contribution in [0.1, 0.15) is 52.5 Å². The van der Waals surface area contributed by atoms with Crippen molar-refractivity contribution in [3.63, 3.8) is 0 Å². The minimum Gasteiger partial charge on any atom is -0.380 e. The third-order valence-corrected chi connectivity index (χ3v) is 8.03. The molecule has 2 unspecified atom stereocenters. The summed E-state index contributed by atoms with van der Waals surface area (Å²) in [7, 11) is -1.94. The molecule has 1 aromatic carbocycles. The predicted octanol–water partition coefficient (Wildman–Crippen LogP) is 4.71. The van der Waals surface area contributed by atoms with Crippen LogP contribution in [0.3, 0.4) is 0 Å². The first-order chi connectivity index (χ1) is 15.7. The number of aromatic nitrogens is 1. The molecule has 0 radical (unpaired) electrons. The molecule has 182 valence electrons. The van der Waals surface area contributed by atoms with Crippen molar-refractivity contribution in [3.05, 3.63) is 48.3 Å². The molecule has 0 saturated carbocycles. The predicted molar refractivity (Wildman–Crippen MR) is 134 cm³/mol. The largest absolute Gasteiger partial charge is 0.380 e. The van der Waals surface area contributed by atoms with Crippen LogP contribution in [0.5, 0.6) is 0 Å². The second-order valence-corrected chi connectivity index (χ2v) is 11.2. The van der Waals surface area contributed by atoms with Gasteiger partial charge in [0.25, 0.3) is 0 Å². The van der Waals surface area contributed by atoms with Gasteiger partial charge in [-0.3, -0.25) is 4.98 Å². The summed E-state index contributed by atoms with van der Waals surface area (Å²) >= 11 is 0. The Hall–Kier alpha value is -2.16. The molecule has 2 heterocycles. The van der Waals surface area contributed by atoms with Gasteiger partial charge in [-0.25, -0.2) is 8.42 Å². The summed E-state index contributed by atoms with van der Waals surface area (Å²) in [6.45, 7) is 10.2. The molecule has 0 bridgehead atoms. The van der Waals surface area contributed by atoms with Gasteiger partial charge in [0, 0.05) is 32.4 Å². The van der Waals surface area contributed by atoms with Gasteiger partial charge in [-0.15, -0.1) is 0 Å². The summed E-state index contributed by atoms with van der Waals surface area (Å²) in [6.07, 6.45) is 6.56. The minimum atomic E-state index is -3.61. The molecular weight excluding hydrogens is 436 g/mol. The quantitative estimate of drug-likeness (QED) is 0.449. The highest BCUT2D eigenvalue weighted by molar-refractivity contribution is 7.89. The SMILES string of the molecule is CCCCOCC(CC(C)C)N(C)S(=O)(=O)c1ccc(CN2c3ccncc3NC2C)cc1. The molecule has 0 fully saturated rings. The number of nitrogens with one attached hydrogen (secondary N) is 1. The van der Waals surface area contributed by atoms with Gasteiger partial charge in [0.1, 0.15) is 0 Å². The maximum atomic E-state index is 13.4. The minimum absolute atomic E-state index is 0.142. The van der Waals surface area contributed by atoms with E-state index in [1.54, 1.807) is 25.4 Å². The van der Waals surface area contributed by atoms with Crippen molar-refractivity contribution in [1.82, 2.24) is 9.29 Å². The lowest BCUT2D eigenvalue weighted by molar-refractivity contribution is 0.0843. The number of ether oxygens (including phenoxy) is 1. The summed E-state index contributed by atoms with van der Waals surface area (Å²) in [6, 6.07) is 9.05. The lowest BCUT2D eigenvalue weighted by Gasteiger charge is -2.29. The number of hydrogen-bond acceptors (Lipinski definition) is 6. The van der Waals surface area contributed by atoms with Crippen LogP contribution in [-0.4, -0.2) is 50.2 Å². The average Bonchev–Trinajstić information content (AvgIpc) is 3.10. The number of rotatable bonds is 12. The van der Waals surface area contributed by atoms with Gasteiger partial charge >= 0.3 is 0 Å². The van der Waals surface area contributed by atoms with Crippen molar-refractivity contribution in [3.8, 4) is 0 Å². The van der Waals surface area contributed by atoms with E-state index in [2.05, 4.69) is 42.9 Å². The van der Waals surface area contributed by atoms with Gasteiger partial charge in [0.15, 0.2) is 0 Å². The number of anilines is 2. The number of pyridine rings is 1. The van der Waals surface area contributed by atoms with Crippen LogP contribution in [0.4, 0.5) is 11.4 Å². The van der Waals surface area contributed by atoms with E-state index in [9.17, 15) is 8.42 Å². The molecule has 3 rings (SSSR count). The monoisotopic (exact) mass is 474 g/mol. The highest BCUT2D eigenvalue weighted by Gasteiger charge is 2.29. The summed E-state index contributed by atoms with van der Waals surface area (Å²) < 4.78 is 34.0. The second kappa shape index (κ2) is 11.3. The summed E-state index contributed by atoms with van der Waals surface area (Å²) in [5.74, 6) is 0.374. The third-order valence-electron chi connectivity index (χ3n) is 6.10. The second-order valence-electron chi connectivity index (χ2n) is 9.22. The van der Waals surface area contributed by atoms with E-state index in [1.807, 2.05) is 24.4 Å². The Balaban J connectivity index is 1.71. The Morgan fingerprint density at radius 2 is 1.94 bits per heavy atom. The molecule has 8 heteroatoms. The fourth-order valence-corrected chi connectivity index (χ4v) is 5.49. The molecule has 1 aliphatic rings. The van der Waals surface area contributed by atoms with Crippen molar-refractivity contribution in [2.75, 3.05) is 30.5 Å². The van der Waals surface area contributed by atoms with Crippen molar-refractivity contribution in [2.24, 2.45) is 5.92 Å². The number of hydrogen-bond donors (Lipinski definition) is 1. The molecule has 1 aliphatic heterocycles. The fraction of sp³-hybridized carbons (Fsp3) is 0.560. The maximum Gasteiger partial charge on any atom is 0.243 e. The molecule has 2 aromatic rings. The number of sulfonamides is 1. The first kappa shape index (κ1) is 25.5. The molecule has 2 atom stereocenters. The molecule has 0 amide bonds. The van der Waals surface area contributed by atoms with Crippen LogP contribution < -0.4 is 10.2 Å². The van der Waals surface area contributed by atoms with Crippen LogP contribution in [0.25, 0.3) is 0 Å². The normalized spacial score (nSPS) is 16.8. The number of unbranched alkanes of at least 4 members (excludes halogenated alkanes) is 1. The molecule has 0 saturated heterocycles. The molecule has 1 N–H and O–H groups in total. The molecule has 0 aliphatic carbocycles. The zero-order valence-electron chi connectivity index (χ0n) is 20.5. The molecular formula is C25H38N4O3S. The van der Waals surface area contributed by atoms with Gasteiger partial charge in [-0.1, -0.05) is 39.3 Å². The van der Waals surface area contributed by atoms with Crippen LogP contribution in [0, 0.1) is 5.92 Å². The Bertz CT molecular complexity index is 995. The van der Waals surface area contributed by atoms with E-state index in [4.69, 9.17) is 4.74 Å². The van der Waals surface area contributed by atoms with Crippen LogP contribution in [0.15, 0.2) is 47.6 Å². The number of fused-ring (bicyclic) bond motifs is 1. The smallest absolute Gasteiger partial charge is 0.243 e. The zero-order chi connectivity index (χ0) is 24.0. The molecule has 7 nitrogen and oxygen atoms in total. The molecule has 1 aromatic heterocycles. The zero-order valence-corrected chi connectivity index (χ0v) is 21.3. The Morgan fingerprint density at radius 1 is 1.21 bits per heavy atom. The van der Waals surface area contributed by atoms with Gasteiger partial charge in [-0.2, -0.15) is 4.31 Å². The van der Waals surface area contributed by atoms with Gasteiger partial charge < -0.3 is 15.0 Å². The first-order valence-electron chi connectivity index (χ1n) is 11.9. The average molecular weight is 475 g/mol. The summed E-state index contributed by atoms with van der Waals surface area (Å²) in [5, 5.41) is 3.42. The van der Waals surface area contributed by atoms with Gasteiger partial charge in [0.05, 0.1) is 35.2 Å². The van der Waals surface area contributed by atoms with Crippen molar-refractivity contribution >= 4 is 21.4 Å². The van der Waals surface area contributed by atoms with Crippen LogP contribution in [-0.2, 0) is 21.3 Å². The van der Waals surface area contributed by atoms with E-state index in [1.165, 1.54) is 4.31 Å². The Morgan fingerprint density at radius 3 is 2.61 bits per heavy atom. The van der Waals surface area contributed by atoms with Crippen LogP contribution >= 0.6 is 0 Å². The summed E-state index contributed by atoms with van der Waals surface area (Å²) in [5.41, 5.74) is 3.17. The topological polar surface area (TPSA) is 74.8 Å². The van der Waals surface area contributed by atoms with Gasteiger partial charge in [-0.05, 0) is 49.4 Å². The number of likely N-dealkylation sites (N-methyl/N-ethyl adjacent to an activating group) is 1. The lowest BCUT2D eigenvalue weighted by atomic mass is 10.0. The Kier molecular flexibility index (Phi) is 8.73. The molecule has 33 heavy (non-hydrogen) atoms. The third kappa shape index (κ3) is 6.25. The first-order valence-corrected chi connectivity index (χ1v) is 13.3. The highest BCUT2D eigenvalue weighted by atomic mass is 32.2. The standard InChI is InChI=1S/C25H38N4O3S/c1-6-7-14-32-18-22(15-19(2)3)28(5)33(30,31)23-10-8-21(9-11-23)17-29-20(4)27-24-16-26-13-12-25(24)29/h8-13,16,19-20,22,27H,6-7,14-15,17-18H2,1-5H3. The van der Waals surface area contributed by atoms with Crippen molar-refractivity contribution in [1.29, 1.82) is 0 Å². The van der Waals surface area contributed by atoms with E-state index >= 15 is 0 Å². The van der Waals surface area contributed by atoms with Crippen molar-refractivity contribution < 1.29 is 13.2 Å². The van der Waals surface area contributed by atoms with E-state index < -0.39 is 10.0 Å². The van der Waals surface area contributed by atoms with Gasteiger partial charge in [0.2, 0.25) is 10.0 Å². The van der Waals surface area contributed by atoms with Crippen LogP contribution in [0.2, 0.25) is 0 Å². The summed E-state index contributed by atoms with van der Waals surface area (Å²) in [4.78, 5) is 6.74. The fourth-order valence-electron chi connectivity index (χ4n) is 4.14. The van der Waals surface area contributed by atoms with E-state index in [-0.39, 0.29) is 12.2 Å².